The van der Waals surface area contributed by atoms with Crippen LogP contribution in [0.4, 0.5) is 0 Å². The lowest BCUT2D eigenvalue weighted by molar-refractivity contribution is 0.716. The molecule has 0 saturated carbocycles. The molecule has 100 valence electrons. The fourth-order valence-electron chi connectivity index (χ4n) is 2.12. The first kappa shape index (κ1) is 14.2. The van der Waals surface area contributed by atoms with Crippen LogP contribution in [0, 0.1) is 6.92 Å². The van der Waals surface area contributed by atoms with E-state index in [1.807, 2.05) is 25.0 Å². The summed E-state index contributed by atoms with van der Waals surface area (Å²) < 4.78 is 0. The number of aromatic nitrogens is 2. The van der Waals surface area contributed by atoms with E-state index in [1.54, 1.807) is 0 Å². The summed E-state index contributed by atoms with van der Waals surface area (Å²) in [5.74, 6) is 3.49. The Labute approximate surface area is 118 Å². The first-order valence-electron chi connectivity index (χ1n) is 6.46. The van der Waals surface area contributed by atoms with Crippen LogP contribution >= 0.6 is 23.5 Å². The number of nitrogens with zero attached hydrogens (tertiary/aromatic N) is 2. The van der Waals surface area contributed by atoms with Gasteiger partial charge < -0.3 is 5.32 Å². The first-order chi connectivity index (χ1) is 8.76. The number of aryl methyl sites for hydroxylation is 1. The van der Waals surface area contributed by atoms with Gasteiger partial charge in [-0.15, -0.1) is 11.8 Å². The fourth-order valence-corrected chi connectivity index (χ4v) is 5.12. The Morgan fingerprint density at radius 3 is 2.89 bits per heavy atom. The van der Waals surface area contributed by atoms with Crippen LogP contribution in [0.25, 0.3) is 0 Å². The van der Waals surface area contributed by atoms with Crippen molar-refractivity contribution in [3.63, 3.8) is 0 Å². The molecule has 1 aromatic heterocycles. The molecule has 0 bridgehead atoms. The normalized spacial score (nSPS) is 24.2. The minimum Gasteiger partial charge on any atom is -0.314 e. The molecule has 0 amide bonds. The lowest BCUT2D eigenvalue weighted by Gasteiger charge is -2.29. The summed E-state index contributed by atoms with van der Waals surface area (Å²) in [5.41, 5.74) is 2.31. The number of thioether (sulfide) groups is 2. The highest BCUT2D eigenvalue weighted by Crippen LogP contribution is 2.42. The van der Waals surface area contributed by atoms with Crippen molar-refractivity contribution in [2.75, 3.05) is 18.6 Å². The SMILES string of the molecule is CCC1SCCSC1c1ncc(C)c(CNC)n1. The Morgan fingerprint density at radius 1 is 1.39 bits per heavy atom. The summed E-state index contributed by atoms with van der Waals surface area (Å²) >= 11 is 4.09. The van der Waals surface area contributed by atoms with Gasteiger partial charge in [0.25, 0.3) is 0 Å². The van der Waals surface area contributed by atoms with Gasteiger partial charge in [0.2, 0.25) is 0 Å². The predicted octanol–water partition coefficient (Wildman–Crippen LogP) is 2.80. The van der Waals surface area contributed by atoms with E-state index in [1.165, 1.54) is 23.5 Å². The van der Waals surface area contributed by atoms with Crippen molar-refractivity contribution >= 4 is 23.5 Å². The summed E-state index contributed by atoms with van der Waals surface area (Å²) in [4.78, 5) is 9.35. The summed E-state index contributed by atoms with van der Waals surface area (Å²) in [6.07, 6.45) is 3.17. The summed E-state index contributed by atoms with van der Waals surface area (Å²) in [6.45, 7) is 5.17. The van der Waals surface area contributed by atoms with Gasteiger partial charge in [0.15, 0.2) is 0 Å². The van der Waals surface area contributed by atoms with E-state index in [0.717, 1.165) is 18.1 Å². The number of hydrogen-bond acceptors (Lipinski definition) is 5. The van der Waals surface area contributed by atoms with Gasteiger partial charge in [0.05, 0.1) is 10.9 Å². The molecule has 1 N–H and O–H groups in total. The molecule has 18 heavy (non-hydrogen) atoms. The molecule has 1 aromatic rings. The van der Waals surface area contributed by atoms with Gasteiger partial charge in [-0.3, -0.25) is 0 Å². The van der Waals surface area contributed by atoms with Gasteiger partial charge in [-0.2, -0.15) is 11.8 Å². The van der Waals surface area contributed by atoms with Crippen molar-refractivity contribution in [1.82, 2.24) is 15.3 Å². The second kappa shape index (κ2) is 6.78. The van der Waals surface area contributed by atoms with Gasteiger partial charge in [-0.05, 0) is 26.0 Å². The van der Waals surface area contributed by atoms with Crippen LogP contribution in [0.15, 0.2) is 6.20 Å². The highest BCUT2D eigenvalue weighted by molar-refractivity contribution is 8.06. The van der Waals surface area contributed by atoms with E-state index < -0.39 is 0 Å². The third kappa shape index (κ3) is 3.19. The Kier molecular flexibility index (Phi) is 5.33. The molecular weight excluding hydrogens is 262 g/mol. The first-order valence-corrected chi connectivity index (χ1v) is 8.56. The van der Waals surface area contributed by atoms with Crippen LogP contribution in [0.5, 0.6) is 0 Å². The van der Waals surface area contributed by atoms with Crippen molar-refractivity contribution < 1.29 is 0 Å². The molecule has 1 aliphatic rings. The molecule has 2 rings (SSSR count). The molecule has 5 heteroatoms. The minimum absolute atomic E-state index is 0.463. The third-order valence-electron chi connectivity index (χ3n) is 3.15. The second-order valence-electron chi connectivity index (χ2n) is 4.50. The summed E-state index contributed by atoms with van der Waals surface area (Å²) in [6, 6.07) is 0. The maximum atomic E-state index is 4.78. The topological polar surface area (TPSA) is 37.8 Å². The molecule has 0 aromatic carbocycles. The van der Waals surface area contributed by atoms with E-state index in [9.17, 15) is 0 Å². The Hall–Kier alpha value is -0.260. The van der Waals surface area contributed by atoms with Crippen LogP contribution in [-0.2, 0) is 6.54 Å². The zero-order valence-electron chi connectivity index (χ0n) is 11.3. The van der Waals surface area contributed by atoms with Gasteiger partial charge in [-0.1, -0.05) is 6.92 Å². The highest BCUT2D eigenvalue weighted by atomic mass is 32.2. The smallest absolute Gasteiger partial charge is 0.142 e. The average Bonchev–Trinajstić information content (AvgIpc) is 2.41. The molecule has 0 aliphatic carbocycles. The molecule has 3 nitrogen and oxygen atoms in total. The molecule has 0 radical (unpaired) electrons. The molecule has 1 fully saturated rings. The monoisotopic (exact) mass is 283 g/mol. The third-order valence-corrected chi connectivity index (χ3v) is 6.39. The molecule has 2 heterocycles. The highest BCUT2D eigenvalue weighted by Gasteiger charge is 2.28. The van der Waals surface area contributed by atoms with Crippen molar-refractivity contribution in [3.8, 4) is 0 Å². The van der Waals surface area contributed by atoms with Crippen LogP contribution in [0.1, 0.15) is 35.7 Å². The number of hydrogen-bond donors (Lipinski definition) is 1. The van der Waals surface area contributed by atoms with E-state index >= 15 is 0 Å². The van der Waals surface area contributed by atoms with Crippen LogP contribution < -0.4 is 5.32 Å². The van der Waals surface area contributed by atoms with Crippen molar-refractivity contribution in [2.45, 2.75) is 37.3 Å². The standard InChI is InChI=1S/C13H21N3S2/c1-4-11-12(18-6-5-17-11)13-15-7-9(2)10(16-13)8-14-3/h7,11-12,14H,4-6,8H2,1-3H3. The summed E-state index contributed by atoms with van der Waals surface area (Å²) in [5, 5.41) is 4.30. The van der Waals surface area contributed by atoms with Gasteiger partial charge in [0.1, 0.15) is 5.82 Å². The van der Waals surface area contributed by atoms with Crippen molar-refractivity contribution in [3.05, 3.63) is 23.3 Å². The second-order valence-corrected chi connectivity index (χ2v) is 7.09. The molecule has 2 atom stereocenters. The molecular formula is C13H21N3S2. The lowest BCUT2D eigenvalue weighted by Crippen LogP contribution is -2.21. The van der Waals surface area contributed by atoms with E-state index in [4.69, 9.17) is 4.98 Å². The molecule has 1 saturated heterocycles. The Morgan fingerprint density at radius 2 is 2.17 bits per heavy atom. The number of nitrogens with one attached hydrogen (secondary N) is 1. The number of rotatable bonds is 4. The van der Waals surface area contributed by atoms with Gasteiger partial charge >= 0.3 is 0 Å². The van der Waals surface area contributed by atoms with E-state index in [0.29, 0.717) is 10.5 Å². The Balaban J connectivity index is 2.23. The van der Waals surface area contributed by atoms with Crippen LogP contribution in [-0.4, -0.2) is 33.8 Å². The van der Waals surface area contributed by atoms with Crippen molar-refractivity contribution in [2.24, 2.45) is 0 Å². The van der Waals surface area contributed by atoms with Gasteiger partial charge in [0, 0.05) is 29.5 Å². The maximum Gasteiger partial charge on any atom is 0.142 e. The molecule has 0 spiro atoms. The average molecular weight is 283 g/mol. The quantitative estimate of drug-likeness (QED) is 0.920. The zero-order valence-corrected chi connectivity index (χ0v) is 12.9. The molecule has 2 unspecified atom stereocenters. The van der Waals surface area contributed by atoms with E-state index in [-0.39, 0.29) is 0 Å². The predicted molar refractivity (Wildman–Crippen MR) is 81.3 cm³/mol. The zero-order chi connectivity index (χ0) is 13.0. The van der Waals surface area contributed by atoms with Crippen molar-refractivity contribution in [1.29, 1.82) is 0 Å². The lowest BCUT2D eigenvalue weighted by atomic mass is 10.2. The molecule has 1 aliphatic heterocycles. The van der Waals surface area contributed by atoms with E-state index in [2.05, 4.69) is 35.9 Å². The van der Waals surface area contributed by atoms with Crippen LogP contribution in [0.2, 0.25) is 0 Å². The largest absolute Gasteiger partial charge is 0.314 e. The van der Waals surface area contributed by atoms with Crippen LogP contribution in [0.3, 0.4) is 0 Å². The summed E-state index contributed by atoms with van der Waals surface area (Å²) in [7, 11) is 1.96. The minimum atomic E-state index is 0.463. The maximum absolute atomic E-state index is 4.78. The Bertz CT molecular complexity index is 398. The fraction of sp³-hybridized carbons (Fsp3) is 0.692. The van der Waals surface area contributed by atoms with Gasteiger partial charge in [-0.25, -0.2) is 9.97 Å².